The third kappa shape index (κ3) is 3.43. The van der Waals surface area contributed by atoms with Crippen LogP contribution in [-0.4, -0.2) is 18.5 Å². The molecule has 0 spiro atoms. The molecule has 0 aromatic carbocycles. The van der Waals surface area contributed by atoms with Crippen molar-refractivity contribution in [2.24, 2.45) is 0 Å². The lowest BCUT2D eigenvalue weighted by molar-refractivity contribution is -0.275. The Morgan fingerprint density at radius 3 is 2.29 bits per heavy atom. The number of alkyl halides is 5. The van der Waals surface area contributed by atoms with Crippen LogP contribution in [0.5, 0.6) is 11.6 Å². The Bertz CT molecular complexity index is 405. The summed E-state index contributed by atoms with van der Waals surface area (Å²) in [6.45, 7) is 1.19. The number of halogens is 5. The number of hydrogen-bond acceptors (Lipinski definition) is 3. The fraction of sp³-hybridized carbons (Fsp3) is 0.444. The highest BCUT2D eigenvalue weighted by atomic mass is 19.4. The summed E-state index contributed by atoms with van der Waals surface area (Å²) in [6.07, 6.45) is -8.24. The number of ether oxygens (including phenoxy) is 2. The molecular formula is C9H8F5NO2. The topological polar surface area (TPSA) is 31.4 Å². The molecule has 0 bridgehead atoms. The van der Waals surface area contributed by atoms with Gasteiger partial charge in [0.25, 0.3) is 6.43 Å². The molecule has 0 fully saturated rings. The van der Waals surface area contributed by atoms with Gasteiger partial charge in [0, 0.05) is 6.07 Å². The van der Waals surface area contributed by atoms with Crippen molar-refractivity contribution in [2.45, 2.75) is 19.7 Å². The maximum absolute atomic E-state index is 12.5. The van der Waals surface area contributed by atoms with Crippen molar-refractivity contribution >= 4 is 0 Å². The zero-order chi connectivity index (χ0) is 13.2. The average Bonchev–Trinajstić information content (AvgIpc) is 2.18. The van der Waals surface area contributed by atoms with E-state index in [4.69, 9.17) is 0 Å². The Morgan fingerprint density at radius 1 is 1.29 bits per heavy atom. The number of hydrogen-bond donors (Lipinski definition) is 0. The summed E-state index contributed by atoms with van der Waals surface area (Å²) in [5.41, 5.74) is -1.23. The second-order valence-electron chi connectivity index (χ2n) is 3.04. The monoisotopic (exact) mass is 257 g/mol. The first-order valence-corrected chi connectivity index (χ1v) is 4.34. The first kappa shape index (κ1) is 13.5. The van der Waals surface area contributed by atoms with Crippen LogP contribution in [0.2, 0.25) is 0 Å². The zero-order valence-corrected chi connectivity index (χ0v) is 8.81. The van der Waals surface area contributed by atoms with Crippen molar-refractivity contribution in [3.63, 3.8) is 0 Å². The second-order valence-corrected chi connectivity index (χ2v) is 3.04. The summed E-state index contributed by atoms with van der Waals surface area (Å²) in [6, 6.07) is 1.08. The summed E-state index contributed by atoms with van der Waals surface area (Å²) >= 11 is 0. The van der Waals surface area contributed by atoms with E-state index in [-0.39, 0.29) is 11.4 Å². The fourth-order valence-corrected chi connectivity index (χ4v) is 1.16. The van der Waals surface area contributed by atoms with Gasteiger partial charge in [0.15, 0.2) is 11.4 Å². The number of methoxy groups -OCH3 is 1. The molecule has 96 valence electrons. The summed E-state index contributed by atoms with van der Waals surface area (Å²) in [5.74, 6) is -1.19. The van der Waals surface area contributed by atoms with E-state index in [1.54, 1.807) is 0 Å². The summed E-state index contributed by atoms with van der Waals surface area (Å²) in [7, 11) is 1.17. The van der Waals surface area contributed by atoms with E-state index in [0.29, 0.717) is 0 Å². The molecule has 1 rings (SSSR count). The number of nitrogens with zero attached hydrogens (tertiary/aromatic N) is 1. The summed E-state index contributed by atoms with van der Waals surface area (Å²) in [4.78, 5) is 3.24. The Morgan fingerprint density at radius 2 is 1.88 bits per heavy atom. The van der Waals surface area contributed by atoms with Crippen LogP contribution in [-0.2, 0) is 0 Å². The third-order valence-electron chi connectivity index (χ3n) is 1.80. The highest BCUT2D eigenvalue weighted by molar-refractivity contribution is 5.40. The van der Waals surface area contributed by atoms with Gasteiger partial charge in [-0.05, 0) is 12.5 Å². The minimum absolute atomic E-state index is 0.135. The Hall–Kier alpha value is -1.60. The highest BCUT2D eigenvalue weighted by Gasteiger charge is 2.35. The average molecular weight is 257 g/mol. The van der Waals surface area contributed by atoms with Gasteiger partial charge in [0.2, 0.25) is 5.88 Å². The van der Waals surface area contributed by atoms with Crippen LogP contribution in [0.4, 0.5) is 22.0 Å². The molecule has 0 amide bonds. The number of pyridine rings is 1. The quantitative estimate of drug-likeness (QED) is 0.779. The Kier molecular flexibility index (Phi) is 3.74. The predicted molar refractivity (Wildman–Crippen MR) is 47.2 cm³/mol. The minimum Gasteiger partial charge on any atom is -0.481 e. The van der Waals surface area contributed by atoms with Crippen molar-refractivity contribution in [1.29, 1.82) is 0 Å². The molecular weight excluding hydrogens is 249 g/mol. The Labute approximate surface area is 93.2 Å². The zero-order valence-electron chi connectivity index (χ0n) is 8.81. The van der Waals surface area contributed by atoms with Crippen LogP contribution in [0.1, 0.15) is 17.7 Å². The van der Waals surface area contributed by atoms with Crippen LogP contribution in [0, 0.1) is 6.92 Å². The number of rotatable bonds is 3. The molecule has 1 heterocycles. The van der Waals surface area contributed by atoms with Crippen LogP contribution in [0.15, 0.2) is 6.07 Å². The molecule has 8 heteroatoms. The number of aryl methyl sites for hydroxylation is 1. The largest absolute Gasteiger partial charge is 0.573 e. The van der Waals surface area contributed by atoms with Gasteiger partial charge in [-0.3, -0.25) is 0 Å². The molecule has 1 aromatic rings. The van der Waals surface area contributed by atoms with E-state index in [1.165, 1.54) is 14.0 Å². The van der Waals surface area contributed by atoms with Gasteiger partial charge in [0.05, 0.1) is 7.11 Å². The molecule has 1 aromatic heterocycles. The van der Waals surface area contributed by atoms with Gasteiger partial charge in [-0.15, -0.1) is 13.2 Å². The highest BCUT2D eigenvalue weighted by Crippen LogP contribution is 2.35. The molecule has 0 aliphatic rings. The van der Waals surface area contributed by atoms with Crippen molar-refractivity contribution in [3.8, 4) is 11.6 Å². The van der Waals surface area contributed by atoms with E-state index in [9.17, 15) is 22.0 Å². The van der Waals surface area contributed by atoms with Gasteiger partial charge < -0.3 is 9.47 Å². The Balaban J connectivity index is 3.27. The standard InChI is InChI=1S/C9H8F5NO2/c1-4-3-5(16-2)15-6(8(10)11)7(4)17-9(12,13)14/h3,8H,1-2H3. The smallest absolute Gasteiger partial charge is 0.481 e. The van der Waals surface area contributed by atoms with E-state index < -0.39 is 24.2 Å². The lowest BCUT2D eigenvalue weighted by Crippen LogP contribution is -2.19. The van der Waals surface area contributed by atoms with E-state index in [1.807, 2.05) is 0 Å². The maximum atomic E-state index is 12.5. The van der Waals surface area contributed by atoms with Crippen LogP contribution < -0.4 is 9.47 Å². The molecule has 0 aliphatic heterocycles. The molecule has 17 heavy (non-hydrogen) atoms. The molecule has 0 saturated carbocycles. The SMILES string of the molecule is COc1cc(C)c(OC(F)(F)F)c(C(F)F)n1. The van der Waals surface area contributed by atoms with E-state index >= 15 is 0 Å². The molecule has 0 saturated heterocycles. The van der Waals surface area contributed by atoms with Gasteiger partial charge >= 0.3 is 6.36 Å². The summed E-state index contributed by atoms with van der Waals surface area (Å²) in [5, 5.41) is 0. The molecule has 3 nitrogen and oxygen atoms in total. The molecule has 0 unspecified atom stereocenters. The molecule has 0 aliphatic carbocycles. The molecule has 0 radical (unpaired) electrons. The minimum atomic E-state index is -5.05. The van der Waals surface area contributed by atoms with Crippen molar-refractivity contribution < 1.29 is 31.4 Å². The van der Waals surface area contributed by atoms with Crippen molar-refractivity contribution in [2.75, 3.05) is 7.11 Å². The first-order chi connectivity index (χ1) is 7.74. The maximum Gasteiger partial charge on any atom is 0.573 e. The van der Waals surface area contributed by atoms with Gasteiger partial charge in [-0.25, -0.2) is 13.8 Å². The fourth-order valence-electron chi connectivity index (χ4n) is 1.16. The third-order valence-corrected chi connectivity index (χ3v) is 1.80. The lowest BCUT2D eigenvalue weighted by atomic mass is 10.2. The van der Waals surface area contributed by atoms with Crippen molar-refractivity contribution in [3.05, 3.63) is 17.3 Å². The van der Waals surface area contributed by atoms with Crippen molar-refractivity contribution in [1.82, 2.24) is 4.98 Å². The lowest BCUT2D eigenvalue weighted by Gasteiger charge is -2.15. The number of aromatic nitrogens is 1. The summed E-state index contributed by atoms with van der Waals surface area (Å²) < 4.78 is 69.2. The van der Waals surface area contributed by atoms with E-state index in [0.717, 1.165) is 6.07 Å². The van der Waals surface area contributed by atoms with E-state index in [2.05, 4.69) is 14.5 Å². The second kappa shape index (κ2) is 4.72. The van der Waals surface area contributed by atoms with Crippen LogP contribution >= 0.6 is 0 Å². The van der Waals surface area contributed by atoms with Crippen LogP contribution in [0.3, 0.4) is 0 Å². The van der Waals surface area contributed by atoms with Crippen LogP contribution in [0.25, 0.3) is 0 Å². The molecule has 0 atom stereocenters. The normalized spacial score (nSPS) is 11.8. The van der Waals surface area contributed by atoms with Gasteiger partial charge in [-0.1, -0.05) is 0 Å². The first-order valence-electron chi connectivity index (χ1n) is 4.34. The predicted octanol–water partition coefficient (Wildman–Crippen LogP) is 3.23. The van der Waals surface area contributed by atoms with Gasteiger partial charge in [-0.2, -0.15) is 0 Å². The molecule has 0 N–H and O–H groups in total. The van der Waals surface area contributed by atoms with Gasteiger partial charge in [0.1, 0.15) is 0 Å².